The first-order valence-electron chi connectivity index (χ1n) is 7.42. The minimum absolute atomic E-state index is 0.389. The van der Waals surface area contributed by atoms with Gasteiger partial charge in [0.2, 0.25) is 0 Å². The molecule has 1 aliphatic rings. The van der Waals surface area contributed by atoms with E-state index in [4.69, 9.17) is 4.42 Å². The van der Waals surface area contributed by atoms with E-state index in [1.807, 2.05) is 12.1 Å². The van der Waals surface area contributed by atoms with Crippen LogP contribution in [-0.4, -0.2) is 23.5 Å². The lowest BCUT2D eigenvalue weighted by atomic mass is 9.71. The van der Waals surface area contributed by atoms with E-state index < -0.39 is 5.60 Å². The molecule has 1 aromatic rings. The summed E-state index contributed by atoms with van der Waals surface area (Å²) in [7, 11) is 0. The Balaban J connectivity index is 1.75. The number of thioether (sulfide) groups is 1. The minimum atomic E-state index is -0.537. The Bertz CT molecular complexity index is 418. The van der Waals surface area contributed by atoms with Crippen molar-refractivity contribution in [1.82, 2.24) is 5.32 Å². The zero-order valence-corrected chi connectivity index (χ0v) is 13.7. The fourth-order valence-corrected chi connectivity index (χ4v) is 3.16. The molecule has 0 radical (unpaired) electrons. The lowest BCUT2D eigenvalue weighted by molar-refractivity contribution is -0.0247. The maximum absolute atomic E-state index is 10.6. The van der Waals surface area contributed by atoms with Gasteiger partial charge in [-0.2, -0.15) is 11.8 Å². The summed E-state index contributed by atoms with van der Waals surface area (Å²) in [6.45, 7) is 5.92. The molecule has 0 aliphatic heterocycles. The van der Waals surface area contributed by atoms with E-state index in [2.05, 4.69) is 25.4 Å². The Morgan fingerprint density at radius 1 is 1.20 bits per heavy atom. The lowest BCUT2D eigenvalue weighted by Crippen LogP contribution is -2.44. The quantitative estimate of drug-likeness (QED) is 0.842. The van der Waals surface area contributed by atoms with E-state index in [1.54, 1.807) is 11.8 Å². The molecule has 1 heterocycles. The first kappa shape index (κ1) is 15.9. The van der Waals surface area contributed by atoms with Crippen molar-refractivity contribution in [3.63, 3.8) is 0 Å². The maximum Gasteiger partial charge on any atom is 0.118 e. The molecule has 1 fully saturated rings. The molecule has 1 saturated carbocycles. The van der Waals surface area contributed by atoms with Gasteiger partial charge in [0, 0.05) is 6.54 Å². The third kappa shape index (κ3) is 4.54. The first-order valence-corrected chi connectivity index (χ1v) is 8.82. The topological polar surface area (TPSA) is 45.4 Å². The van der Waals surface area contributed by atoms with E-state index in [1.165, 1.54) is 0 Å². The molecule has 2 rings (SSSR count). The van der Waals surface area contributed by atoms with Crippen molar-refractivity contribution < 1.29 is 9.52 Å². The largest absolute Gasteiger partial charge is 0.464 e. The van der Waals surface area contributed by atoms with Crippen LogP contribution in [0.25, 0.3) is 0 Å². The molecular formula is C16H27NO2S. The van der Waals surface area contributed by atoms with Crippen LogP contribution in [0.4, 0.5) is 0 Å². The summed E-state index contributed by atoms with van der Waals surface area (Å²) in [4.78, 5) is 0. The fraction of sp³-hybridized carbons (Fsp3) is 0.750. The van der Waals surface area contributed by atoms with Crippen molar-refractivity contribution in [1.29, 1.82) is 0 Å². The van der Waals surface area contributed by atoms with Crippen LogP contribution in [0.3, 0.4) is 0 Å². The van der Waals surface area contributed by atoms with Crippen molar-refractivity contribution in [2.45, 2.75) is 57.4 Å². The van der Waals surface area contributed by atoms with E-state index >= 15 is 0 Å². The van der Waals surface area contributed by atoms with Gasteiger partial charge in [0.1, 0.15) is 11.5 Å². The predicted molar refractivity (Wildman–Crippen MR) is 84.8 cm³/mol. The standard InChI is InChI=1S/C16H27NO2S/c1-15(2)6-8-16(18,9-7-15)12-17-10-13-4-5-14(19-13)11-20-3/h4-5,17-18H,6-12H2,1-3H3. The van der Waals surface area contributed by atoms with Crippen LogP contribution in [0.15, 0.2) is 16.5 Å². The molecule has 1 aromatic heterocycles. The van der Waals surface area contributed by atoms with Crippen molar-refractivity contribution in [2.24, 2.45) is 5.41 Å². The number of aliphatic hydroxyl groups is 1. The first-order chi connectivity index (χ1) is 9.42. The SMILES string of the molecule is CSCc1ccc(CNCC2(O)CCC(C)(C)CC2)o1. The molecule has 1 aliphatic carbocycles. The highest BCUT2D eigenvalue weighted by atomic mass is 32.2. The van der Waals surface area contributed by atoms with Crippen molar-refractivity contribution in [3.05, 3.63) is 23.7 Å². The van der Waals surface area contributed by atoms with Gasteiger partial charge < -0.3 is 14.8 Å². The smallest absolute Gasteiger partial charge is 0.118 e. The van der Waals surface area contributed by atoms with Gasteiger partial charge in [0.25, 0.3) is 0 Å². The van der Waals surface area contributed by atoms with Crippen molar-refractivity contribution in [3.8, 4) is 0 Å². The zero-order valence-electron chi connectivity index (χ0n) is 12.9. The van der Waals surface area contributed by atoms with Gasteiger partial charge >= 0.3 is 0 Å². The summed E-state index contributed by atoms with van der Waals surface area (Å²) in [5.41, 5.74) is -0.149. The molecule has 0 saturated heterocycles. The Labute approximate surface area is 126 Å². The molecule has 0 amide bonds. The molecule has 114 valence electrons. The average Bonchev–Trinajstić information content (AvgIpc) is 2.82. The van der Waals surface area contributed by atoms with Crippen LogP contribution in [-0.2, 0) is 12.3 Å². The molecule has 0 bridgehead atoms. The molecule has 0 aromatic carbocycles. The average molecular weight is 297 g/mol. The third-order valence-electron chi connectivity index (χ3n) is 4.29. The van der Waals surface area contributed by atoms with Crippen LogP contribution < -0.4 is 5.32 Å². The van der Waals surface area contributed by atoms with Gasteiger partial charge in [0.05, 0.1) is 17.9 Å². The normalized spacial score (nSPS) is 21.0. The molecule has 0 spiro atoms. The Hall–Kier alpha value is -0.450. The molecule has 0 unspecified atom stereocenters. The molecule has 2 N–H and O–H groups in total. The van der Waals surface area contributed by atoms with Crippen LogP contribution >= 0.6 is 11.8 Å². The van der Waals surface area contributed by atoms with Gasteiger partial charge in [-0.3, -0.25) is 0 Å². The molecule has 4 heteroatoms. The maximum atomic E-state index is 10.6. The Kier molecular flexibility index (Phi) is 5.21. The molecule has 20 heavy (non-hydrogen) atoms. The second-order valence-electron chi connectivity index (χ2n) is 6.79. The van der Waals surface area contributed by atoms with Gasteiger partial charge in [0.15, 0.2) is 0 Å². The Morgan fingerprint density at radius 2 is 1.85 bits per heavy atom. The molecule has 0 atom stereocenters. The minimum Gasteiger partial charge on any atom is -0.464 e. The van der Waals surface area contributed by atoms with Crippen LogP contribution in [0.1, 0.15) is 51.1 Å². The van der Waals surface area contributed by atoms with Gasteiger partial charge in [-0.15, -0.1) is 0 Å². The highest BCUT2D eigenvalue weighted by molar-refractivity contribution is 7.97. The number of hydrogen-bond donors (Lipinski definition) is 2. The fourth-order valence-electron chi connectivity index (χ4n) is 2.72. The summed E-state index contributed by atoms with van der Waals surface area (Å²) < 4.78 is 5.71. The van der Waals surface area contributed by atoms with Crippen LogP contribution in [0.2, 0.25) is 0 Å². The monoisotopic (exact) mass is 297 g/mol. The highest BCUT2D eigenvalue weighted by Crippen LogP contribution is 2.39. The second-order valence-corrected chi connectivity index (χ2v) is 7.66. The molecular weight excluding hydrogens is 270 g/mol. The van der Waals surface area contributed by atoms with E-state index in [0.29, 0.717) is 18.5 Å². The van der Waals surface area contributed by atoms with Gasteiger partial charge in [-0.25, -0.2) is 0 Å². The van der Waals surface area contributed by atoms with E-state index in [-0.39, 0.29) is 0 Å². The molecule has 3 nitrogen and oxygen atoms in total. The summed E-state index contributed by atoms with van der Waals surface area (Å²) in [6.07, 6.45) is 6.06. The summed E-state index contributed by atoms with van der Waals surface area (Å²) in [6, 6.07) is 4.05. The number of hydrogen-bond acceptors (Lipinski definition) is 4. The summed E-state index contributed by atoms with van der Waals surface area (Å²) in [5.74, 6) is 2.89. The highest BCUT2D eigenvalue weighted by Gasteiger charge is 2.36. The van der Waals surface area contributed by atoms with Crippen LogP contribution in [0.5, 0.6) is 0 Å². The van der Waals surface area contributed by atoms with Gasteiger partial charge in [-0.05, 0) is 49.5 Å². The second kappa shape index (κ2) is 6.54. The predicted octanol–water partition coefficient (Wildman–Crippen LogP) is 3.56. The summed E-state index contributed by atoms with van der Waals surface area (Å²) in [5, 5.41) is 13.9. The summed E-state index contributed by atoms with van der Waals surface area (Å²) >= 11 is 1.76. The van der Waals surface area contributed by atoms with Crippen molar-refractivity contribution in [2.75, 3.05) is 12.8 Å². The number of furan rings is 1. The van der Waals surface area contributed by atoms with E-state index in [0.717, 1.165) is 43.0 Å². The number of rotatable bonds is 6. The number of nitrogens with one attached hydrogen (secondary N) is 1. The van der Waals surface area contributed by atoms with E-state index in [9.17, 15) is 5.11 Å². The lowest BCUT2D eigenvalue weighted by Gasteiger charge is -2.40. The Morgan fingerprint density at radius 3 is 2.50 bits per heavy atom. The van der Waals surface area contributed by atoms with Gasteiger partial charge in [-0.1, -0.05) is 13.8 Å². The third-order valence-corrected chi connectivity index (χ3v) is 4.86. The zero-order chi connectivity index (χ0) is 14.6. The van der Waals surface area contributed by atoms with Crippen LogP contribution in [0, 0.1) is 5.41 Å². The van der Waals surface area contributed by atoms with Crippen molar-refractivity contribution >= 4 is 11.8 Å².